The van der Waals surface area contributed by atoms with E-state index in [0.717, 1.165) is 22.3 Å². The second kappa shape index (κ2) is 12.7. The van der Waals surface area contributed by atoms with Crippen molar-refractivity contribution in [3.63, 3.8) is 0 Å². The van der Waals surface area contributed by atoms with Crippen molar-refractivity contribution in [2.45, 2.75) is 47.7 Å². The molecule has 0 aliphatic carbocycles. The predicted molar refractivity (Wildman–Crippen MR) is 166 cm³/mol. The average molecular weight is 624 g/mol. The Kier molecular flexibility index (Phi) is 9.55. The maximum Gasteiger partial charge on any atom is 0.234 e. The Balaban J connectivity index is 1.83. The van der Waals surface area contributed by atoms with Crippen molar-refractivity contribution in [1.82, 2.24) is 0 Å². The number of nitriles is 1. The van der Waals surface area contributed by atoms with E-state index in [1.807, 2.05) is 51.1 Å². The lowest BCUT2D eigenvalue weighted by molar-refractivity contribution is 0.248. The topological polar surface area (TPSA) is 101 Å². The van der Waals surface area contributed by atoms with Crippen LogP contribution in [0.1, 0.15) is 34.2 Å². The molecule has 0 bridgehead atoms. The molecule has 41 heavy (non-hydrogen) atoms. The molecule has 4 aromatic rings. The molecule has 0 aliphatic rings. The standard InChI is InChI=1S/C31H29NO5S4/c1-23-4-10-26(11-5-23)20-21-31(37-28-14-12-27(22-32)13-15-28,38-40(33,34)29-16-6-24(2)7-17-29)39-41(35,36)30-18-8-25(3)9-19-30/h4-19H,20-21H2,1-3H3. The van der Waals surface area contributed by atoms with Gasteiger partial charge in [-0.2, -0.15) is 5.26 Å². The third-order valence-electron chi connectivity index (χ3n) is 6.19. The van der Waals surface area contributed by atoms with Crippen LogP contribution in [0, 0.1) is 32.1 Å². The van der Waals surface area contributed by atoms with E-state index in [1.54, 1.807) is 36.4 Å². The Morgan fingerprint density at radius 1 is 0.659 bits per heavy atom. The average Bonchev–Trinajstić information content (AvgIpc) is 2.93. The van der Waals surface area contributed by atoms with Crippen molar-refractivity contribution in [2.75, 3.05) is 0 Å². The van der Waals surface area contributed by atoms with Crippen molar-refractivity contribution in [2.24, 2.45) is 0 Å². The van der Waals surface area contributed by atoms with Gasteiger partial charge in [0.15, 0.2) is 0 Å². The minimum atomic E-state index is -4.09. The highest BCUT2D eigenvalue weighted by Crippen LogP contribution is 2.51. The fourth-order valence-corrected chi connectivity index (χ4v) is 13.0. The molecule has 6 nitrogen and oxygen atoms in total. The summed E-state index contributed by atoms with van der Waals surface area (Å²) in [7, 11) is -7.22. The molecular weight excluding hydrogens is 595 g/mol. The minimum Gasteiger partial charge on any atom is -0.465 e. The van der Waals surface area contributed by atoms with Crippen molar-refractivity contribution in [3.8, 4) is 11.8 Å². The van der Waals surface area contributed by atoms with Crippen molar-refractivity contribution in [3.05, 3.63) is 125 Å². The summed E-state index contributed by atoms with van der Waals surface area (Å²) in [4.78, 5) is 0.0918. The van der Waals surface area contributed by atoms with Crippen LogP contribution >= 0.6 is 21.6 Å². The molecule has 0 saturated carbocycles. The zero-order valence-electron chi connectivity index (χ0n) is 22.8. The first-order chi connectivity index (χ1) is 19.4. The van der Waals surface area contributed by atoms with E-state index in [-0.39, 0.29) is 22.0 Å². The van der Waals surface area contributed by atoms with Crippen LogP contribution in [0.25, 0.3) is 0 Å². The van der Waals surface area contributed by atoms with E-state index in [4.69, 9.17) is 4.74 Å². The smallest absolute Gasteiger partial charge is 0.234 e. The van der Waals surface area contributed by atoms with E-state index >= 15 is 0 Å². The Bertz CT molecular complexity index is 1670. The number of nitrogens with zero attached hydrogens (tertiary/aromatic N) is 1. The van der Waals surface area contributed by atoms with Crippen LogP contribution in [0.4, 0.5) is 0 Å². The van der Waals surface area contributed by atoms with Gasteiger partial charge in [0, 0.05) is 28.0 Å². The molecule has 0 aromatic heterocycles. The summed E-state index contributed by atoms with van der Waals surface area (Å²) in [6.45, 7) is 5.68. The van der Waals surface area contributed by atoms with Crippen LogP contribution in [0.2, 0.25) is 0 Å². The van der Waals surface area contributed by atoms with E-state index in [2.05, 4.69) is 0 Å². The van der Waals surface area contributed by atoms with Gasteiger partial charge in [-0.15, -0.1) is 0 Å². The van der Waals surface area contributed by atoms with Crippen LogP contribution in [0.15, 0.2) is 107 Å². The Hall–Kier alpha value is -3.23. The molecule has 4 aromatic carbocycles. The van der Waals surface area contributed by atoms with Crippen LogP contribution in [0.5, 0.6) is 5.75 Å². The van der Waals surface area contributed by atoms with Gasteiger partial charge in [-0.05, 0) is 81.3 Å². The number of benzene rings is 4. The predicted octanol–water partition coefficient (Wildman–Crippen LogP) is 7.39. The third-order valence-corrected chi connectivity index (χ3v) is 14.6. The van der Waals surface area contributed by atoms with Gasteiger partial charge in [-0.3, -0.25) is 0 Å². The summed E-state index contributed by atoms with van der Waals surface area (Å²) in [5.74, 6) is 0.242. The number of hydrogen-bond donors (Lipinski definition) is 0. The first-order valence-corrected chi connectivity index (χ1v) is 18.3. The van der Waals surface area contributed by atoms with Crippen LogP contribution in [-0.2, 0) is 24.2 Å². The normalized spacial score (nSPS) is 12.0. The molecule has 0 amide bonds. The second-order valence-electron chi connectivity index (χ2n) is 9.61. The fourth-order valence-electron chi connectivity index (χ4n) is 3.85. The lowest BCUT2D eigenvalue weighted by atomic mass is 10.1. The zero-order chi connectivity index (χ0) is 29.7. The monoisotopic (exact) mass is 623 g/mol. The molecule has 0 aliphatic heterocycles. The zero-order valence-corrected chi connectivity index (χ0v) is 26.0. The van der Waals surface area contributed by atoms with Gasteiger partial charge < -0.3 is 4.74 Å². The summed E-state index contributed by atoms with van der Waals surface area (Å²) in [6.07, 6.45) is 0.394. The van der Waals surface area contributed by atoms with Crippen molar-refractivity contribution < 1.29 is 21.6 Å². The maximum absolute atomic E-state index is 13.8. The van der Waals surface area contributed by atoms with E-state index in [9.17, 15) is 22.1 Å². The molecule has 0 radical (unpaired) electrons. The number of aryl methyl sites for hydroxylation is 4. The second-order valence-corrected chi connectivity index (χ2v) is 17.9. The molecular formula is C31H29NO5S4. The molecule has 0 atom stereocenters. The van der Waals surface area contributed by atoms with Crippen molar-refractivity contribution in [1.29, 1.82) is 5.26 Å². The Labute approximate surface area is 249 Å². The quantitative estimate of drug-likeness (QED) is 0.126. The SMILES string of the molecule is Cc1ccc(CCC(Oc2ccc(C#N)cc2)(SS(=O)(=O)c2ccc(C)cc2)SS(=O)(=O)c2ccc(C)cc2)cc1. The van der Waals surface area contributed by atoms with Crippen LogP contribution in [-0.4, -0.2) is 21.1 Å². The molecule has 0 fully saturated rings. The van der Waals surface area contributed by atoms with Crippen LogP contribution < -0.4 is 4.74 Å². The fraction of sp³-hybridized carbons (Fsp3) is 0.194. The maximum atomic E-state index is 13.8. The van der Waals surface area contributed by atoms with Gasteiger partial charge in [0.2, 0.25) is 22.0 Å². The highest BCUT2D eigenvalue weighted by Gasteiger charge is 2.45. The van der Waals surface area contributed by atoms with Crippen LogP contribution in [0.3, 0.4) is 0 Å². The highest BCUT2D eigenvalue weighted by atomic mass is 33.2. The molecule has 4 rings (SSSR count). The number of ether oxygens (including phenoxy) is 1. The van der Waals surface area contributed by atoms with Gasteiger partial charge >= 0.3 is 0 Å². The first-order valence-electron chi connectivity index (χ1n) is 12.7. The Morgan fingerprint density at radius 2 is 1.07 bits per heavy atom. The van der Waals surface area contributed by atoms with Gasteiger partial charge in [0.05, 0.1) is 21.4 Å². The molecule has 0 heterocycles. The summed E-state index contributed by atoms with van der Waals surface area (Å²) >= 11 is 0. The van der Waals surface area contributed by atoms with E-state index < -0.39 is 22.0 Å². The largest absolute Gasteiger partial charge is 0.465 e. The lowest BCUT2D eigenvalue weighted by Gasteiger charge is -2.32. The van der Waals surface area contributed by atoms with Gasteiger partial charge in [0.25, 0.3) is 0 Å². The van der Waals surface area contributed by atoms with E-state index in [1.165, 1.54) is 36.4 Å². The summed E-state index contributed by atoms with van der Waals surface area (Å²) < 4.78 is 59.8. The number of rotatable bonds is 11. The molecule has 0 saturated heterocycles. The molecule has 0 unspecified atom stereocenters. The molecule has 0 N–H and O–H groups in total. The molecule has 0 spiro atoms. The first kappa shape index (κ1) is 30.7. The van der Waals surface area contributed by atoms with E-state index in [0.29, 0.717) is 33.6 Å². The van der Waals surface area contributed by atoms with Gasteiger partial charge in [-0.1, -0.05) is 65.2 Å². The highest BCUT2D eigenvalue weighted by molar-refractivity contribution is 8.81. The minimum absolute atomic E-state index is 0.0432. The summed E-state index contributed by atoms with van der Waals surface area (Å²) in [5, 5.41) is 9.23. The third kappa shape index (κ3) is 8.17. The summed E-state index contributed by atoms with van der Waals surface area (Å²) in [6, 6.07) is 28.7. The number of hydrogen-bond acceptors (Lipinski definition) is 8. The Morgan fingerprint density at radius 3 is 1.49 bits per heavy atom. The molecule has 10 heteroatoms. The van der Waals surface area contributed by atoms with Gasteiger partial charge in [0.1, 0.15) is 5.75 Å². The molecule has 212 valence electrons. The van der Waals surface area contributed by atoms with Gasteiger partial charge in [-0.25, -0.2) is 16.8 Å². The summed E-state index contributed by atoms with van der Waals surface area (Å²) in [5.41, 5.74) is 4.16. The lowest BCUT2D eigenvalue weighted by Crippen LogP contribution is -2.33. The van der Waals surface area contributed by atoms with Crippen molar-refractivity contribution >= 4 is 39.3 Å².